The second kappa shape index (κ2) is 6.83. The Morgan fingerprint density at radius 3 is 2.96 bits per heavy atom. The smallest absolute Gasteiger partial charge is 0.225 e. The Morgan fingerprint density at radius 1 is 1.48 bits per heavy atom. The molecule has 2 aromatic heterocycles. The molecule has 1 aliphatic rings. The standard InChI is InChI=1S/C17H24N4OS/c1-12(10-16-7-5-9-23-16)17(22)20-8-4-6-15(11-20)21-14(3)18-13(2)19-21/h5,7,9,12,15H,4,6,8,10-11H2,1-3H3/t12-,15+/m1/s1. The maximum absolute atomic E-state index is 12.8. The molecule has 1 fully saturated rings. The highest BCUT2D eigenvalue weighted by atomic mass is 32.1. The quantitative estimate of drug-likeness (QED) is 0.865. The first kappa shape index (κ1) is 16.2. The highest BCUT2D eigenvalue weighted by Crippen LogP contribution is 2.24. The third-order valence-electron chi connectivity index (χ3n) is 4.47. The predicted octanol–water partition coefficient (Wildman–Crippen LogP) is 3.00. The Kier molecular flexibility index (Phi) is 4.80. The van der Waals surface area contributed by atoms with Crippen LogP contribution in [0, 0.1) is 19.8 Å². The molecule has 0 aliphatic carbocycles. The molecule has 2 aromatic rings. The summed E-state index contributed by atoms with van der Waals surface area (Å²) in [5.74, 6) is 2.04. The van der Waals surface area contributed by atoms with Crippen LogP contribution in [0.15, 0.2) is 17.5 Å². The number of nitrogens with zero attached hydrogens (tertiary/aromatic N) is 4. The van der Waals surface area contributed by atoms with E-state index in [1.807, 2.05) is 36.4 Å². The summed E-state index contributed by atoms with van der Waals surface area (Å²) < 4.78 is 2.00. The maximum Gasteiger partial charge on any atom is 0.225 e. The van der Waals surface area contributed by atoms with Crippen LogP contribution in [0.3, 0.4) is 0 Å². The number of hydrogen-bond donors (Lipinski definition) is 0. The molecule has 0 saturated carbocycles. The first-order chi connectivity index (χ1) is 11.0. The van der Waals surface area contributed by atoms with Gasteiger partial charge in [-0.05, 0) is 44.6 Å². The molecule has 0 bridgehead atoms. The number of piperidine rings is 1. The molecule has 1 aliphatic heterocycles. The van der Waals surface area contributed by atoms with Crippen molar-refractivity contribution in [3.8, 4) is 0 Å². The van der Waals surface area contributed by atoms with Gasteiger partial charge in [-0.25, -0.2) is 9.67 Å². The van der Waals surface area contributed by atoms with Crippen molar-refractivity contribution in [3.05, 3.63) is 34.0 Å². The molecule has 3 rings (SSSR count). The number of likely N-dealkylation sites (tertiary alicyclic amines) is 1. The zero-order valence-electron chi connectivity index (χ0n) is 14.0. The van der Waals surface area contributed by atoms with Gasteiger partial charge < -0.3 is 4.90 Å². The minimum Gasteiger partial charge on any atom is -0.340 e. The molecule has 1 amide bonds. The lowest BCUT2D eigenvalue weighted by atomic mass is 10.0. The summed E-state index contributed by atoms with van der Waals surface area (Å²) in [4.78, 5) is 20.5. The van der Waals surface area contributed by atoms with Gasteiger partial charge in [0, 0.05) is 23.9 Å². The van der Waals surface area contributed by atoms with Crippen molar-refractivity contribution in [2.75, 3.05) is 13.1 Å². The Bertz CT molecular complexity index is 664. The summed E-state index contributed by atoms with van der Waals surface area (Å²) in [6.07, 6.45) is 2.92. The van der Waals surface area contributed by atoms with Gasteiger partial charge in [0.15, 0.2) is 0 Å². The fourth-order valence-corrected chi connectivity index (χ4v) is 4.20. The van der Waals surface area contributed by atoms with E-state index in [0.29, 0.717) is 0 Å². The molecule has 0 radical (unpaired) electrons. The van der Waals surface area contributed by atoms with Gasteiger partial charge in [0.05, 0.1) is 6.04 Å². The summed E-state index contributed by atoms with van der Waals surface area (Å²) in [6.45, 7) is 7.54. The lowest BCUT2D eigenvalue weighted by molar-refractivity contribution is -0.136. The van der Waals surface area contributed by atoms with Gasteiger partial charge in [0.2, 0.25) is 5.91 Å². The molecule has 3 heterocycles. The summed E-state index contributed by atoms with van der Waals surface area (Å²) in [7, 11) is 0. The molecule has 23 heavy (non-hydrogen) atoms. The Balaban J connectivity index is 1.65. The Labute approximate surface area is 141 Å². The summed E-state index contributed by atoms with van der Waals surface area (Å²) in [6, 6.07) is 4.40. The summed E-state index contributed by atoms with van der Waals surface area (Å²) >= 11 is 1.72. The van der Waals surface area contributed by atoms with Gasteiger partial charge in [-0.2, -0.15) is 5.10 Å². The third-order valence-corrected chi connectivity index (χ3v) is 5.37. The van der Waals surface area contributed by atoms with Crippen LogP contribution in [0.4, 0.5) is 0 Å². The molecular formula is C17H24N4OS. The molecule has 0 unspecified atom stereocenters. The van der Waals surface area contributed by atoms with E-state index in [4.69, 9.17) is 0 Å². The second-order valence-corrected chi connectivity index (χ2v) is 7.45. The number of aromatic nitrogens is 3. The van der Waals surface area contributed by atoms with E-state index in [2.05, 4.69) is 21.5 Å². The topological polar surface area (TPSA) is 51.0 Å². The number of rotatable bonds is 4. The van der Waals surface area contributed by atoms with Crippen molar-refractivity contribution >= 4 is 17.2 Å². The second-order valence-electron chi connectivity index (χ2n) is 6.42. The molecule has 0 spiro atoms. The third kappa shape index (κ3) is 3.63. The van der Waals surface area contributed by atoms with Crippen molar-refractivity contribution in [1.29, 1.82) is 0 Å². The molecule has 6 heteroatoms. The molecule has 1 saturated heterocycles. The fourth-order valence-electron chi connectivity index (χ4n) is 3.37. The number of aryl methyl sites for hydroxylation is 2. The van der Waals surface area contributed by atoms with Crippen LogP contribution in [-0.4, -0.2) is 38.7 Å². The van der Waals surface area contributed by atoms with Crippen LogP contribution < -0.4 is 0 Å². The van der Waals surface area contributed by atoms with Crippen molar-refractivity contribution in [2.45, 2.75) is 46.1 Å². The number of carbonyl (C=O) groups is 1. The molecule has 0 N–H and O–H groups in total. The van der Waals surface area contributed by atoms with Crippen molar-refractivity contribution in [3.63, 3.8) is 0 Å². The zero-order chi connectivity index (χ0) is 16.4. The molecule has 5 nitrogen and oxygen atoms in total. The maximum atomic E-state index is 12.8. The van der Waals surface area contributed by atoms with E-state index in [-0.39, 0.29) is 17.9 Å². The number of hydrogen-bond acceptors (Lipinski definition) is 4. The SMILES string of the molecule is Cc1nc(C)n([C@H]2CCCN(C(=O)[C@H](C)Cc3cccs3)C2)n1. The van der Waals surface area contributed by atoms with Gasteiger partial charge in [-0.3, -0.25) is 4.79 Å². The lowest BCUT2D eigenvalue weighted by Crippen LogP contribution is -2.43. The van der Waals surface area contributed by atoms with E-state index in [9.17, 15) is 4.79 Å². The summed E-state index contributed by atoms with van der Waals surface area (Å²) in [5, 5.41) is 6.57. The van der Waals surface area contributed by atoms with Gasteiger partial charge in [0.25, 0.3) is 0 Å². The van der Waals surface area contributed by atoms with Gasteiger partial charge >= 0.3 is 0 Å². The van der Waals surface area contributed by atoms with Crippen LogP contribution in [0.2, 0.25) is 0 Å². The molecule has 0 aromatic carbocycles. The molecule has 124 valence electrons. The van der Waals surface area contributed by atoms with Crippen LogP contribution in [-0.2, 0) is 11.2 Å². The lowest BCUT2D eigenvalue weighted by Gasteiger charge is -2.34. The summed E-state index contributed by atoms with van der Waals surface area (Å²) in [5.41, 5.74) is 0. The van der Waals surface area contributed by atoms with Crippen LogP contribution in [0.25, 0.3) is 0 Å². The van der Waals surface area contributed by atoms with Crippen molar-refractivity contribution in [2.24, 2.45) is 5.92 Å². The number of amides is 1. The fraction of sp³-hybridized carbons (Fsp3) is 0.588. The normalized spacial score (nSPS) is 19.8. The van der Waals surface area contributed by atoms with Crippen LogP contribution >= 0.6 is 11.3 Å². The van der Waals surface area contributed by atoms with Crippen LogP contribution in [0.5, 0.6) is 0 Å². The monoisotopic (exact) mass is 332 g/mol. The first-order valence-electron chi connectivity index (χ1n) is 8.25. The van der Waals surface area contributed by atoms with E-state index in [1.165, 1.54) is 4.88 Å². The average molecular weight is 332 g/mol. The minimum absolute atomic E-state index is 0.0333. The predicted molar refractivity (Wildman–Crippen MR) is 91.5 cm³/mol. The van der Waals surface area contributed by atoms with E-state index in [0.717, 1.165) is 44.0 Å². The number of carbonyl (C=O) groups excluding carboxylic acids is 1. The molecular weight excluding hydrogens is 308 g/mol. The minimum atomic E-state index is 0.0333. The largest absolute Gasteiger partial charge is 0.340 e. The van der Waals surface area contributed by atoms with E-state index in [1.54, 1.807) is 11.3 Å². The van der Waals surface area contributed by atoms with Crippen molar-refractivity contribution in [1.82, 2.24) is 19.7 Å². The van der Waals surface area contributed by atoms with Gasteiger partial charge in [0.1, 0.15) is 11.6 Å². The average Bonchev–Trinajstić information content (AvgIpc) is 3.16. The highest BCUT2D eigenvalue weighted by Gasteiger charge is 2.29. The Morgan fingerprint density at radius 2 is 2.30 bits per heavy atom. The molecule has 2 atom stereocenters. The van der Waals surface area contributed by atoms with E-state index < -0.39 is 0 Å². The van der Waals surface area contributed by atoms with E-state index >= 15 is 0 Å². The Hall–Kier alpha value is -1.69. The van der Waals surface area contributed by atoms with Crippen LogP contribution in [0.1, 0.15) is 42.3 Å². The highest BCUT2D eigenvalue weighted by molar-refractivity contribution is 7.09. The zero-order valence-corrected chi connectivity index (χ0v) is 14.8. The van der Waals surface area contributed by atoms with Crippen molar-refractivity contribution < 1.29 is 4.79 Å². The number of thiophene rings is 1. The van der Waals surface area contributed by atoms with Gasteiger partial charge in [-0.15, -0.1) is 11.3 Å². The van der Waals surface area contributed by atoms with Gasteiger partial charge in [-0.1, -0.05) is 13.0 Å². The first-order valence-corrected chi connectivity index (χ1v) is 9.13.